The molecule has 0 aromatic rings. The fourth-order valence-electron chi connectivity index (χ4n) is 0.609. The van der Waals surface area contributed by atoms with Gasteiger partial charge in [-0.05, 0) is 0 Å². The molecule has 16 heavy (non-hydrogen) atoms. The SMILES string of the molecule is C=COC(C)=O.CC(=O)OC(C)OC(C)=O. The summed E-state index contributed by atoms with van der Waals surface area (Å²) in [5.74, 6) is -1.26. The van der Waals surface area contributed by atoms with Gasteiger partial charge in [-0.1, -0.05) is 6.58 Å². The Labute approximate surface area is 94.2 Å². The molecule has 0 spiro atoms. The van der Waals surface area contributed by atoms with Crippen molar-refractivity contribution in [2.45, 2.75) is 34.0 Å². The number of carbonyl (C=O) groups excluding carboxylic acids is 3. The Morgan fingerprint density at radius 2 is 1.38 bits per heavy atom. The molecule has 0 aliphatic rings. The number of rotatable bonds is 3. The first-order valence-corrected chi connectivity index (χ1v) is 4.42. The number of hydrogen-bond donors (Lipinski definition) is 0. The monoisotopic (exact) mass is 232 g/mol. The van der Waals surface area contributed by atoms with Crippen molar-refractivity contribution in [1.29, 1.82) is 0 Å². The Hall–Kier alpha value is -1.85. The van der Waals surface area contributed by atoms with Gasteiger partial charge in [-0.3, -0.25) is 14.4 Å². The zero-order valence-corrected chi connectivity index (χ0v) is 9.81. The molecule has 0 fully saturated rings. The third-order valence-corrected chi connectivity index (χ3v) is 0.913. The van der Waals surface area contributed by atoms with Crippen LogP contribution in [0, 0.1) is 0 Å². The standard InChI is InChI=1S/C6H10O4.C4H6O2/c1-4(7)9-6(3)10-5(2)8;1-3-6-4(2)5/h6H,1-3H3;3H,1H2,2H3. The first-order chi connectivity index (χ1) is 7.29. The van der Waals surface area contributed by atoms with Gasteiger partial charge in [0.05, 0.1) is 6.26 Å². The van der Waals surface area contributed by atoms with E-state index in [9.17, 15) is 14.4 Å². The second-order valence-electron chi connectivity index (χ2n) is 2.56. The van der Waals surface area contributed by atoms with E-state index >= 15 is 0 Å². The molecule has 0 heterocycles. The summed E-state index contributed by atoms with van der Waals surface area (Å²) in [5.41, 5.74) is 0. The van der Waals surface area contributed by atoms with Gasteiger partial charge < -0.3 is 14.2 Å². The van der Waals surface area contributed by atoms with Crippen LogP contribution in [0.15, 0.2) is 12.8 Å². The molecule has 0 rings (SSSR count). The maximum atomic E-state index is 10.2. The van der Waals surface area contributed by atoms with E-state index in [2.05, 4.69) is 20.8 Å². The average molecular weight is 232 g/mol. The summed E-state index contributed by atoms with van der Waals surface area (Å²) in [5, 5.41) is 0. The first-order valence-electron chi connectivity index (χ1n) is 4.42. The van der Waals surface area contributed by atoms with Gasteiger partial charge in [-0.2, -0.15) is 0 Å². The van der Waals surface area contributed by atoms with Crippen molar-refractivity contribution in [3.05, 3.63) is 12.8 Å². The molecule has 0 atom stereocenters. The van der Waals surface area contributed by atoms with Crippen LogP contribution in [0.3, 0.4) is 0 Å². The van der Waals surface area contributed by atoms with E-state index < -0.39 is 18.2 Å². The van der Waals surface area contributed by atoms with Crippen LogP contribution >= 0.6 is 0 Å². The minimum absolute atomic E-state index is 0.329. The average Bonchev–Trinajstić information content (AvgIpc) is 2.00. The summed E-state index contributed by atoms with van der Waals surface area (Å²) < 4.78 is 13.1. The van der Waals surface area contributed by atoms with Crippen molar-refractivity contribution in [3.8, 4) is 0 Å². The van der Waals surface area contributed by atoms with Crippen LogP contribution in [0.4, 0.5) is 0 Å². The van der Waals surface area contributed by atoms with Crippen molar-refractivity contribution in [3.63, 3.8) is 0 Å². The van der Waals surface area contributed by atoms with Crippen molar-refractivity contribution in [2.75, 3.05) is 0 Å². The second-order valence-corrected chi connectivity index (χ2v) is 2.56. The highest BCUT2D eigenvalue weighted by Gasteiger charge is 2.06. The first kappa shape index (κ1) is 16.6. The summed E-state index contributed by atoms with van der Waals surface area (Å²) in [6.45, 7) is 8.45. The Morgan fingerprint density at radius 3 is 1.50 bits per heavy atom. The number of carbonyl (C=O) groups is 3. The molecule has 0 amide bonds. The van der Waals surface area contributed by atoms with Crippen LogP contribution in [0.25, 0.3) is 0 Å². The Morgan fingerprint density at radius 1 is 1.00 bits per heavy atom. The Balaban J connectivity index is 0. The van der Waals surface area contributed by atoms with E-state index in [1.165, 1.54) is 27.7 Å². The van der Waals surface area contributed by atoms with E-state index in [0.29, 0.717) is 0 Å². The minimum Gasteiger partial charge on any atom is -0.435 e. The van der Waals surface area contributed by atoms with Gasteiger partial charge >= 0.3 is 17.9 Å². The van der Waals surface area contributed by atoms with Gasteiger partial charge in [0.1, 0.15) is 0 Å². The van der Waals surface area contributed by atoms with Crippen molar-refractivity contribution >= 4 is 17.9 Å². The van der Waals surface area contributed by atoms with Crippen LogP contribution in [0.1, 0.15) is 27.7 Å². The Kier molecular flexibility index (Phi) is 10.0. The summed E-state index contributed by atoms with van der Waals surface area (Å²) >= 11 is 0. The molecule has 92 valence electrons. The van der Waals surface area contributed by atoms with Gasteiger partial charge in [0.2, 0.25) is 6.29 Å². The fourth-order valence-corrected chi connectivity index (χ4v) is 0.609. The van der Waals surface area contributed by atoms with Crippen LogP contribution < -0.4 is 0 Å². The molecule has 0 saturated carbocycles. The van der Waals surface area contributed by atoms with Crippen LogP contribution in [0.5, 0.6) is 0 Å². The van der Waals surface area contributed by atoms with Gasteiger partial charge in [-0.25, -0.2) is 0 Å². The van der Waals surface area contributed by atoms with Crippen molar-refractivity contribution in [1.82, 2.24) is 0 Å². The molecule has 0 N–H and O–H groups in total. The normalized spacial score (nSPS) is 8.31. The third kappa shape index (κ3) is 18.0. The second kappa shape index (κ2) is 9.70. The molecule has 0 radical (unpaired) electrons. The lowest BCUT2D eigenvalue weighted by atomic mass is 10.7. The van der Waals surface area contributed by atoms with E-state index in [0.717, 1.165) is 6.26 Å². The van der Waals surface area contributed by atoms with E-state index in [1.54, 1.807) is 0 Å². The van der Waals surface area contributed by atoms with Gasteiger partial charge in [0, 0.05) is 27.7 Å². The molecule has 6 heteroatoms. The quantitative estimate of drug-likeness (QED) is 0.412. The largest absolute Gasteiger partial charge is 0.435 e. The van der Waals surface area contributed by atoms with Crippen molar-refractivity contribution in [2.24, 2.45) is 0 Å². The molecule has 0 unspecified atom stereocenters. The summed E-state index contributed by atoms with van der Waals surface area (Å²) in [7, 11) is 0. The molecular weight excluding hydrogens is 216 g/mol. The van der Waals surface area contributed by atoms with Gasteiger partial charge in [0.15, 0.2) is 0 Å². The predicted molar refractivity (Wildman–Crippen MR) is 55.0 cm³/mol. The van der Waals surface area contributed by atoms with Gasteiger partial charge in [0.25, 0.3) is 0 Å². The maximum Gasteiger partial charge on any atom is 0.307 e. The number of hydrogen-bond acceptors (Lipinski definition) is 6. The Bertz CT molecular complexity index is 242. The molecule has 0 bridgehead atoms. The highest BCUT2D eigenvalue weighted by Crippen LogP contribution is 1.93. The lowest BCUT2D eigenvalue weighted by Gasteiger charge is -2.10. The van der Waals surface area contributed by atoms with Crippen LogP contribution in [0.2, 0.25) is 0 Å². The van der Waals surface area contributed by atoms with E-state index in [1.807, 2.05) is 0 Å². The lowest BCUT2D eigenvalue weighted by molar-refractivity contribution is -0.181. The minimum atomic E-state index is -0.782. The molecule has 0 aliphatic carbocycles. The number of ether oxygens (including phenoxy) is 3. The van der Waals surface area contributed by atoms with E-state index in [4.69, 9.17) is 0 Å². The molecular formula is C10H16O6. The molecule has 0 aromatic carbocycles. The zero-order chi connectivity index (χ0) is 13.1. The molecule has 0 saturated heterocycles. The van der Waals surface area contributed by atoms with Gasteiger partial charge in [-0.15, -0.1) is 0 Å². The lowest BCUT2D eigenvalue weighted by Crippen LogP contribution is -2.18. The van der Waals surface area contributed by atoms with E-state index in [-0.39, 0.29) is 5.97 Å². The third-order valence-electron chi connectivity index (χ3n) is 0.913. The zero-order valence-electron chi connectivity index (χ0n) is 9.81. The van der Waals surface area contributed by atoms with Crippen molar-refractivity contribution < 1.29 is 28.6 Å². The highest BCUT2D eigenvalue weighted by atomic mass is 16.7. The maximum absolute atomic E-state index is 10.2. The predicted octanol–water partition coefficient (Wildman–Crippen LogP) is 1.15. The summed E-state index contributed by atoms with van der Waals surface area (Å²) in [6.07, 6.45) is 0.317. The fraction of sp³-hybridized carbons (Fsp3) is 0.500. The molecule has 0 aliphatic heterocycles. The molecule has 0 aromatic heterocycles. The summed E-state index contributed by atoms with van der Waals surface area (Å²) in [6, 6.07) is 0. The van der Waals surface area contributed by atoms with Crippen LogP contribution in [-0.2, 0) is 28.6 Å². The smallest absolute Gasteiger partial charge is 0.307 e. The molecule has 6 nitrogen and oxygen atoms in total. The van der Waals surface area contributed by atoms with Crippen LogP contribution in [-0.4, -0.2) is 24.2 Å². The summed E-state index contributed by atoms with van der Waals surface area (Å²) in [4.78, 5) is 30.2. The topological polar surface area (TPSA) is 78.9 Å². The highest BCUT2D eigenvalue weighted by molar-refractivity contribution is 5.68. The number of esters is 3.